The van der Waals surface area contributed by atoms with Gasteiger partial charge in [0.05, 0.1) is 22.5 Å². The number of hydrogen-bond acceptors (Lipinski definition) is 4. The van der Waals surface area contributed by atoms with Crippen LogP contribution >= 0.6 is 11.6 Å². The molecular weight excluding hydrogens is 305 g/mol. The van der Waals surface area contributed by atoms with E-state index in [1.54, 1.807) is 6.07 Å². The van der Waals surface area contributed by atoms with Gasteiger partial charge in [0.25, 0.3) is 0 Å². The average molecular weight is 313 g/mol. The standard InChI is InChI=1S/C13H8ClF3N4/c14-11-4-2-9(19)12(21-11)20-10-3-1-8(13(15,16)17)5-7(10)6-18/h1-5H,19H2,(H,20,21). The summed E-state index contributed by atoms with van der Waals surface area (Å²) in [5.41, 5.74) is 5.01. The molecule has 8 heteroatoms. The van der Waals surface area contributed by atoms with Crippen LogP contribution in [-0.4, -0.2) is 4.98 Å². The molecule has 1 heterocycles. The van der Waals surface area contributed by atoms with Crippen molar-refractivity contribution in [2.24, 2.45) is 0 Å². The van der Waals surface area contributed by atoms with Gasteiger partial charge in [-0.25, -0.2) is 4.98 Å². The Balaban J connectivity index is 2.41. The molecule has 2 aromatic rings. The zero-order valence-corrected chi connectivity index (χ0v) is 11.1. The normalized spacial score (nSPS) is 11.0. The maximum Gasteiger partial charge on any atom is 0.416 e. The van der Waals surface area contributed by atoms with Gasteiger partial charge in [-0.1, -0.05) is 11.6 Å². The predicted molar refractivity (Wildman–Crippen MR) is 73.1 cm³/mol. The van der Waals surface area contributed by atoms with Crippen LogP contribution in [0.25, 0.3) is 0 Å². The number of nitrogen functional groups attached to an aromatic ring is 1. The van der Waals surface area contributed by atoms with E-state index in [1.807, 2.05) is 0 Å². The van der Waals surface area contributed by atoms with E-state index in [9.17, 15) is 13.2 Å². The molecule has 0 atom stereocenters. The molecule has 0 radical (unpaired) electrons. The van der Waals surface area contributed by atoms with Crippen molar-refractivity contribution in [3.63, 3.8) is 0 Å². The van der Waals surface area contributed by atoms with Crippen molar-refractivity contribution in [3.05, 3.63) is 46.6 Å². The molecule has 3 N–H and O–H groups in total. The third kappa shape index (κ3) is 3.35. The van der Waals surface area contributed by atoms with Crippen molar-refractivity contribution in [1.82, 2.24) is 4.98 Å². The van der Waals surface area contributed by atoms with Gasteiger partial charge in [0.1, 0.15) is 11.2 Å². The number of nitrogens with two attached hydrogens (primary N) is 1. The van der Waals surface area contributed by atoms with Crippen LogP contribution in [0.4, 0.5) is 30.4 Å². The van der Waals surface area contributed by atoms with Gasteiger partial charge >= 0.3 is 6.18 Å². The number of anilines is 3. The number of nitrogens with one attached hydrogen (secondary N) is 1. The molecule has 0 saturated carbocycles. The summed E-state index contributed by atoms with van der Waals surface area (Å²) in [5.74, 6) is 0.166. The summed E-state index contributed by atoms with van der Waals surface area (Å²) in [4.78, 5) is 3.91. The molecule has 0 amide bonds. The van der Waals surface area contributed by atoms with E-state index in [1.165, 1.54) is 12.1 Å². The second-order valence-electron chi connectivity index (χ2n) is 4.07. The fourth-order valence-corrected chi connectivity index (χ4v) is 1.74. The maximum absolute atomic E-state index is 12.6. The molecular formula is C13H8ClF3N4. The summed E-state index contributed by atoms with van der Waals surface area (Å²) in [5, 5.41) is 11.8. The van der Waals surface area contributed by atoms with Crippen LogP contribution in [0.15, 0.2) is 30.3 Å². The minimum atomic E-state index is -4.52. The van der Waals surface area contributed by atoms with Crippen molar-refractivity contribution in [3.8, 4) is 6.07 Å². The van der Waals surface area contributed by atoms with Gasteiger partial charge in [0.15, 0.2) is 5.82 Å². The highest BCUT2D eigenvalue weighted by atomic mass is 35.5. The fourth-order valence-electron chi connectivity index (χ4n) is 1.60. The van der Waals surface area contributed by atoms with Crippen LogP contribution in [0, 0.1) is 11.3 Å². The van der Waals surface area contributed by atoms with Crippen molar-refractivity contribution in [1.29, 1.82) is 5.26 Å². The van der Waals surface area contributed by atoms with E-state index < -0.39 is 11.7 Å². The summed E-state index contributed by atoms with van der Waals surface area (Å²) >= 11 is 5.72. The minimum absolute atomic E-state index is 0.159. The van der Waals surface area contributed by atoms with Gasteiger partial charge in [-0.05, 0) is 30.3 Å². The number of halogens is 4. The van der Waals surface area contributed by atoms with Gasteiger partial charge < -0.3 is 11.1 Å². The van der Waals surface area contributed by atoms with Gasteiger partial charge in [0, 0.05) is 0 Å². The Hall–Kier alpha value is -2.46. The largest absolute Gasteiger partial charge is 0.416 e. The van der Waals surface area contributed by atoms with Gasteiger partial charge in [-0.2, -0.15) is 18.4 Å². The molecule has 1 aromatic carbocycles. The Morgan fingerprint density at radius 2 is 1.95 bits per heavy atom. The van der Waals surface area contributed by atoms with E-state index in [2.05, 4.69) is 10.3 Å². The highest BCUT2D eigenvalue weighted by Gasteiger charge is 2.31. The first kappa shape index (κ1) is 14.9. The van der Waals surface area contributed by atoms with Crippen molar-refractivity contribution >= 4 is 28.8 Å². The SMILES string of the molecule is N#Cc1cc(C(F)(F)F)ccc1Nc1nc(Cl)ccc1N. The summed E-state index contributed by atoms with van der Waals surface area (Å²) in [6.45, 7) is 0. The second-order valence-corrected chi connectivity index (χ2v) is 4.45. The molecule has 0 aliphatic heterocycles. The first-order chi connectivity index (χ1) is 9.81. The maximum atomic E-state index is 12.6. The Morgan fingerprint density at radius 3 is 2.57 bits per heavy atom. The molecule has 2 rings (SSSR count). The molecule has 0 fully saturated rings. The second kappa shape index (κ2) is 5.50. The zero-order valence-electron chi connectivity index (χ0n) is 10.4. The molecule has 0 unspecified atom stereocenters. The molecule has 0 bridgehead atoms. The number of benzene rings is 1. The molecule has 1 aromatic heterocycles. The first-order valence-electron chi connectivity index (χ1n) is 5.61. The Morgan fingerprint density at radius 1 is 1.24 bits per heavy atom. The van der Waals surface area contributed by atoms with E-state index in [4.69, 9.17) is 22.6 Å². The monoisotopic (exact) mass is 312 g/mol. The number of nitrogens with zero attached hydrogens (tertiary/aromatic N) is 2. The van der Waals surface area contributed by atoms with Crippen molar-refractivity contribution < 1.29 is 13.2 Å². The molecule has 0 spiro atoms. The van der Waals surface area contributed by atoms with Crippen molar-refractivity contribution in [2.45, 2.75) is 6.18 Å². The predicted octanol–water partition coefficient (Wildman–Crippen LogP) is 3.95. The number of rotatable bonds is 2. The topological polar surface area (TPSA) is 74.7 Å². The van der Waals surface area contributed by atoms with E-state index >= 15 is 0 Å². The Kier molecular flexibility index (Phi) is 3.91. The van der Waals surface area contributed by atoms with Crippen LogP contribution in [0.5, 0.6) is 0 Å². The van der Waals surface area contributed by atoms with Gasteiger partial charge in [-0.15, -0.1) is 0 Å². The first-order valence-corrected chi connectivity index (χ1v) is 5.99. The number of alkyl halides is 3. The van der Waals surface area contributed by atoms with Gasteiger partial charge in [-0.3, -0.25) is 0 Å². The molecule has 21 heavy (non-hydrogen) atoms. The molecule has 108 valence electrons. The Labute approximate surface area is 123 Å². The minimum Gasteiger partial charge on any atom is -0.396 e. The lowest BCUT2D eigenvalue weighted by atomic mass is 10.1. The highest BCUT2D eigenvalue weighted by molar-refractivity contribution is 6.29. The third-order valence-corrected chi connectivity index (χ3v) is 2.82. The summed E-state index contributed by atoms with van der Waals surface area (Å²) < 4.78 is 37.8. The van der Waals surface area contributed by atoms with Crippen molar-refractivity contribution in [2.75, 3.05) is 11.1 Å². The molecule has 4 nitrogen and oxygen atoms in total. The number of aromatic nitrogens is 1. The Bertz CT molecular complexity index is 722. The van der Waals surface area contributed by atoms with Crippen LogP contribution in [0.3, 0.4) is 0 Å². The lowest BCUT2D eigenvalue weighted by Crippen LogP contribution is -2.07. The summed E-state index contributed by atoms with van der Waals surface area (Å²) in [7, 11) is 0. The number of hydrogen-bond donors (Lipinski definition) is 2. The summed E-state index contributed by atoms with van der Waals surface area (Å²) in [6.07, 6.45) is -4.52. The molecule has 0 aliphatic rings. The number of nitriles is 1. The van der Waals surface area contributed by atoms with E-state index in [0.717, 1.165) is 18.2 Å². The van der Waals surface area contributed by atoms with Crippen LogP contribution in [0.1, 0.15) is 11.1 Å². The lowest BCUT2D eigenvalue weighted by molar-refractivity contribution is -0.137. The van der Waals surface area contributed by atoms with Crippen LogP contribution in [-0.2, 0) is 6.18 Å². The van der Waals surface area contributed by atoms with Gasteiger partial charge in [0.2, 0.25) is 0 Å². The van der Waals surface area contributed by atoms with E-state index in [0.29, 0.717) is 0 Å². The molecule has 0 aliphatic carbocycles. The van der Waals surface area contributed by atoms with Crippen LogP contribution < -0.4 is 11.1 Å². The highest BCUT2D eigenvalue weighted by Crippen LogP contribution is 2.33. The lowest BCUT2D eigenvalue weighted by Gasteiger charge is -2.12. The smallest absolute Gasteiger partial charge is 0.396 e. The van der Waals surface area contributed by atoms with Crippen LogP contribution in [0.2, 0.25) is 5.15 Å². The average Bonchev–Trinajstić information content (AvgIpc) is 2.42. The molecule has 0 saturated heterocycles. The quantitative estimate of drug-likeness (QED) is 0.823. The number of pyridine rings is 1. The fraction of sp³-hybridized carbons (Fsp3) is 0.0769. The van der Waals surface area contributed by atoms with E-state index in [-0.39, 0.29) is 27.9 Å². The summed E-state index contributed by atoms with van der Waals surface area (Å²) in [6, 6.07) is 7.42. The zero-order chi connectivity index (χ0) is 15.6. The third-order valence-electron chi connectivity index (χ3n) is 2.61.